The van der Waals surface area contributed by atoms with Crippen LogP contribution in [0.2, 0.25) is 0 Å². The first-order chi connectivity index (χ1) is 16.1. The Morgan fingerprint density at radius 2 is 1.85 bits per heavy atom. The summed E-state index contributed by atoms with van der Waals surface area (Å²) in [4.78, 5) is 15.3. The molecule has 0 bridgehead atoms. The van der Waals surface area contributed by atoms with Crippen LogP contribution in [0, 0.1) is 17.8 Å². The summed E-state index contributed by atoms with van der Waals surface area (Å²) in [7, 11) is 0. The zero-order chi connectivity index (χ0) is 23.5. The lowest BCUT2D eigenvalue weighted by atomic mass is 9.74. The van der Waals surface area contributed by atoms with Crippen molar-refractivity contribution in [3.63, 3.8) is 0 Å². The van der Waals surface area contributed by atoms with Gasteiger partial charge in [-0.2, -0.15) is 0 Å². The van der Waals surface area contributed by atoms with Crippen molar-refractivity contribution < 1.29 is 9.90 Å². The third kappa shape index (κ3) is 7.55. The maximum atomic E-state index is 13.3. The van der Waals surface area contributed by atoms with Crippen molar-refractivity contribution in [2.24, 2.45) is 23.5 Å². The summed E-state index contributed by atoms with van der Waals surface area (Å²) in [6.07, 6.45) is 15.6. The van der Waals surface area contributed by atoms with Crippen molar-refractivity contribution in [3.05, 3.63) is 35.9 Å². The Labute approximate surface area is 202 Å². The molecule has 0 radical (unpaired) electrons. The Bertz CT molecular complexity index is 688. The molecule has 1 heterocycles. The van der Waals surface area contributed by atoms with E-state index in [0.29, 0.717) is 25.4 Å². The molecule has 4 heteroatoms. The van der Waals surface area contributed by atoms with Crippen LogP contribution < -0.4 is 5.73 Å². The maximum Gasteiger partial charge on any atom is 0.222 e. The summed E-state index contributed by atoms with van der Waals surface area (Å²) in [6, 6.07) is 10.2. The van der Waals surface area contributed by atoms with Gasteiger partial charge in [-0.3, -0.25) is 4.79 Å². The summed E-state index contributed by atoms with van der Waals surface area (Å²) < 4.78 is 0. The molecular formula is C29H48N2O2. The zero-order valence-electron chi connectivity index (χ0n) is 21.0. The van der Waals surface area contributed by atoms with E-state index in [1.165, 1.54) is 44.9 Å². The molecule has 3 N–H and O–H groups in total. The van der Waals surface area contributed by atoms with E-state index in [2.05, 4.69) is 19.1 Å². The lowest BCUT2D eigenvalue weighted by Crippen LogP contribution is -2.48. The van der Waals surface area contributed by atoms with Gasteiger partial charge in [-0.1, -0.05) is 95.0 Å². The molecule has 1 saturated carbocycles. The summed E-state index contributed by atoms with van der Waals surface area (Å²) in [5.74, 6) is 1.38. The van der Waals surface area contributed by atoms with Crippen LogP contribution in [0.3, 0.4) is 0 Å². The Kier molecular flexibility index (Phi) is 10.7. The number of hydrogen-bond donors (Lipinski definition) is 2. The molecule has 1 aliphatic carbocycles. The molecule has 1 saturated heterocycles. The van der Waals surface area contributed by atoms with Crippen molar-refractivity contribution in [2.45, 2.75) is 102 Å². The molecule has 1 aliphatic heterocycles. The van der Waals surface area contributed by atoms with Gasteiger partial charge in [0, 0.05) is 25.4 Å². The first-order valence-electron chi connectivity index (χ1n) is 13.8. The highest BCUT2D eigenvalue weighted by Gasteiger charge is 2.41. The van der Waals surface area contributed by atoms with E-state index < -0.39 is 5.60 Å². The Morgan fingerprint density at radius 3 is 2.55 bits per heavy atom. The van der Waals surface area contributed by atoms with Gasteiger partial charge in [0.05, 0.1) is 5.60 Å². The molecule has 3 rings (SSSR count). The highest BCUT2D eigenvalue weighted by molar-refractivity contribution is 5.76. The average molecular weight is 457 g/mol. The van der Waals surface area contributed by atoms with Crippen LogP contribution >= 0.6 is 0 Å². The number of aliphatic hydroxyl groups is 1. The van der Waals surface area contributed by atoms with Crippen molar-refractivity contribution in [1.29, 1.82) is 0 Å². The molecule has 0 unspecified atom stereocenters. The second-order valence-corrected chi connectivity index (χ2v) is 10.8. The number of amides is 1. The molecule has 1 amide bonds. The van der Waals surface area contributed by atoms with Gasteiger partial charge in [-0.05, 0) is 49.6 Å². The number of carbonyl (C=O) groups excluding carboxylic acids is 1. The number of unbranched alkanes of at least 4 members (excludes halogenated alkanes) is 3. The second-order valence-electron chi connectivity index (χ2n) is 10.8. The number of benzene rings is 1. The van der Waals surface area contributed by atoms with Crippen LogP contribution in [-0.2, 0) is 10.4 Å². The fraction of sp³-hybridized carbons (Fsp3) is 0.759. The average Bonchev–Trinajstić information content (AvgIpc) is 2.87. The predicted octanol–water partition coefficient (Wildman–Crippen LogP) is 6.02. The monoisotopic (exact) mass is 456 g/mol. The minimum absolute atomic E-state index is 0.0916. The number of hydrogen-bond acceptors (Lipinski definition) is 3. The standard InChI is InChI=1S/C29H48N2O2/c1-2-3-4-11-18-29(33,26-15-9-6-10-16-26)27-17-12-19-31(23-27)28(32)21-25(22-30)20-24-13-7-5-8-14-24/h6,9-10,15-16,24-25,27,33H,2-5,7-8,11-14,17-23,30H2,1H3/t25-,27-,29-/m1/s1. The van der Waals surface area contributed by atoms with E-state index in [0.717, 1.165) is 56.6 Å². The molecular weight excluding hydrogens is 408 g/mol. The minimum atomic E-state index is -0.858. The number of carbonyl (C=O) groups is 1. The molecule has 3 atom stereocenters. The van der Waals surface area contributed by atoms with Crippen LogP contribution in [0.1, 0.15) is 102 Å². The summed E-state index contributed by atoms with van der Waals surface area (Å²) in [5, 5.41) is 12.0. The predicted molar refractivity (Wildman–Crippen MR) is 137 cm³/mol. The molecule has 0 aromatic heterocycles. The Morgan fingerprint density at radius 1 is 1.09 bits per heavy atom. The van der Waals surface area contributed by atoms with Crippen molar-refractivity contribution in [1.82, 2.24) is 4.90 Å². The quantitative estimate of drug-likeness (QED) is 0.378. The number of nitrogens with zero attached hydrogens (tertiary/aromatic N) is 1. The SMILES string of the molecule is CCCCCC[C@@](O)(c1ccccc1)[C@@H]1CCCN(C(=O)C[C@H](CN)CC2CCCCC2)C1. The number of nitrogens with two attached hydrogens (primary N) is 1. The van der Waals surface area contributed by atoms with Gasteiger partial charge in [-0.15, -0.1) is 0 Å². The van der Waals surface area contributed by atoms with Gasteiger partial charge in [0.2, 0.25) is 5.91 Å². The Hall–Kier alpha value is -1.39. The van der Waals surface area contributed by atoms with E-state index in [4.69, 9.17) is 5.73 Å². The fourth-order valence-corrected chi connectivity index (χ4v) is 6.26. The smallest absolute Gasteiger partial charge is 0.222 e. The molecule has 4 nitrogen and oxygen atoms in total. The molecule has 33 heavy (non-hydrogen) atoms. The lowest BCUT2D eigenvalue weighted by Gasteiger charge is -2.43. The topological polar surface area (TPSA) is 66.6 Å². The van der Waals surface area contributed by atoms with E-state index in [9.17, 15) is 9.90 Å². The summed E-state index contributed by atoms with van der Waals surface area (Å²) in [5.41, 5.74) is 6.26. The van der Waals surface area contributed by atoms with Gasteiger partial charge in [0.1, 0.15) is 0 Å². The first kappa shape index (κ1) is 26.2. The zero-order valence-corrected chi connectivity index (χ0v) is 21.0. The lowest BCUT2D eigenvalue weighted by molar-refractivity contribution is -0.137. The normalized spacial score (nSPS) is 22.6. The van der Waals surface area contributed by atoms with Crippen LogP contribution in [-0.4, -0.2) is 35.5 Å². The number of rotatable bonds is 12. The first-order valence-corrected chi connectivity index (χ1v) is 13.8. The third-order valence-electron chi connectivity index (χ3n) is 8.32. The van der Waals surface area contributed by atoms with E-state index >= 15 is 0 Å². The van der Waals surface area contributed by atoms with Crippen molar-refractivity contribution >= 4 is 5.91 Å². The second kappa shape index (κ2) is 13.5. The van der Waals surface area contributed by atoms with Gasteiger partial charge >= 0.3 is 0 Å². The minimum Gasteiger partial charge on any atom is -0.385 e. The molecule has 1 aromatic rings. The van der Waals surface area contributed by atoms with Crippen LogP contribution in [0.15, 0.2) is 30.3 Å². The van der Waals surface area contributed by atoms with E-state index in [1.807, 2.05) is 23.1 Å². The van der Waals surface area contributed by atoms with Gasteiger partial charge in [0.25, 0.3) is 0 Å². The number of likely N-dealkylation sites (tertiary alicyclic amines) is 1. The largest absolute Gasteiger partial charge is 0.385 e. The Balaban J connectivity index is 1.63. The summed E-state index contributed by atoms with van der Waals surface area (Å²) in [6.45, 7) is 4.30. The molecule has 0 spiro atoms. The maximum absolute atomic E-state index is 13.3. The molecule has 1 aromatic carbocycles. The van der Waals surface area contributed by atoms with E-state index in [1.54, 1.807) is 0 Å². The number of piperidine rings is 1. The van der Waals surface area contributed by atoms with Gasteiger partial charge < -0.3 is 15.7 Å². The van der Waals surface area contributed by atoms with Crippen molar-refractivity contribution in [3.8, 4) is 0 Å². The molecule has 2 aliphatic rings. The van der Waals surface area contributed by atoms with Crippen LogP contribution in [0.25, 0.3) is 0 Å². The van der Waals surface area contributed by atoms with Crippen LogP contribution in [0.4, 0.5) is 0 Å². The molecule has 186 valence electrons. The highest BCUT2D eigenvalue weighted by Crippen LogP contribution is 2.40. The van der Waals surface area contributed by atoms with Gasteiger partial charge in [-0.25, -0.2) is 0 Å². The van der Waals surface area contributed by atoms with Gasteiger partial charge in [0.15, 0.2) is 0 Å². The molecule has 2 fully saturated rings. The van der Waals surface area contributed by atoms with Crippen LogP contribution in [0.5, 0.6) is 0 Å². The van der Waals surface area contributed by atoms with E-state index in [-0.39, 0.29) is 11.8 Å². The third-order valence-corrected chi connectivity index (χ3v) is 8.32. The highest BCUT2D eigenvalue weighted by atomic mass is 16.3. The fourth-order valence-electron chi connectivity index (χ4n) is 6.26. The van der Waals surface area contributed by atoms with Crippen molar-refractivity contribution in [2.75, 3.05) is 19.6 Å². The summed E-state index contributed by atoms with van der Waals surface area (Å²) >= 11 is 0.